The molecule has 136 valence electrons. The molecule has 4 N–H and O–H groups in total. The van der Waals surface area contributed by atoms with E-state index in [1.807, 2.05) is 0 Å². The summed E-state index contributed by atoms with van der Waals surface area (Å²) >= 11 is 0. The highest BCUT2D eigenvalue weighted by atomic mass is 16.5. The summed E-state index contributed by atoms with van der Waals surface area (Å²) in [6.07, 6.45) is -1.79. The van der Waals surface area contributed by atoms with E-state index in [0.29, 0.717) is 26.3 Å². The van der Waals surface area contributed by atoms with Crippen molar-refractivity contribution < 1.29 is 29.3 Å². The Morgan fingerprint density at radius 2 is 1.75 bits per heavy atom. The number of nitrogens with zero attached hydrogens (tertiary/aromatic N) is 1. The van der Waals surface area contributed by atoms with E-state index in [2.05, 4.69) is 10.6 Å². The molecule has 0 aromatic carbocycles. The summed E-state index contributed by atoms with van der Waals surface area (Å²) in [6.45, 7) is 2.13. The molecular weight excluding hydrogens is 318 g/mol. The molecule has 1 aliphatic carbocycles. The molecule has 1 saturated carbocycles. The van der Waals surface area contributed by atoms with Crippen molar-refractivity contribution in [3.05, 3.63) is 0 Å². The Bertz CT molecular complexity index is 466. The second kappa shape index (κ2) is 7.64. The van der Waals surface area contributed by atoms with E-state index in [9.17, 15) is 19.8 Å². The lowest BCUT2D eigenvalue weighted by molar-refractivity contribution is -0.125. The van der Waals surface area contributed by atoms with Gasteiger partial charge in [-0.2, -0.15) is 0 Å². The van der Waals surface area contributed by atoms with Gasteiger partial charge in [-0.1, -0.05) is 0 Å². The van der Waals surface area contributed by atoms with Crippen molar-refractivity contribution in [2.45, 2.75) is 49.7 Å². The third kappa shape index (κ3) is 4.35. The Balaban J connectivity index is 1.43. The minimum absolute atomic E-state index is 0.00262. The molecule has 0 aromatic rings. The number of aliphatic hydroxyl groups is 2. The summed E-state index contributed by atoms with van der Waals surface area (Å²) in [5.41, 5.74) is 0. The minimum atomic E-state index is -1.14. The first-order chi connectivity index (χ1) is 11.5. The van der Waals surface area contributed by atoms with Crippen LogP contribution in [0.5, 0.6) is 0 Å². The molecule has 2 saturated heterocycles. The van der Waals surface area contributed by atoms with E-state index in [1.54, 1.807) is 4.90 Å². The van der Waals surface area contributed by atoms with Gasteiger partial charge in [0.2, 0.25) is 5.91 Å². The lowest BCUT2D eigenvalue weighted by Crippen LogP contribution is -2.49. The van der Waals surface area contributed by atoms with Crippen molar-refractivity contribution in [2.24, 2.45) is 0 Å². The van der Waals surface area contributed by atoms with E-state index in [1.165, 1.54) is 0 Å². The Kier molecular flexibility index (Phi) is 5.54. The fourth-order valence-corrected chi connectivity index (χ4v) is 2.93. The molecule has 3 fully saturated rings. The standard InChI is InChI=1S/C15H25N3O6/c19-12(17-9-1-2-9)7-10-13(20)14(21)11(24-10)8-16-15(22)18-3-5-23-6-4-18/h9-11,13-14,20-21H,1-8H2,(H,16,22)(H,17,19). The quantitative estimate of drug-likeness (QED) is 0.467. The van der Waals surface area contributed by atoms with Crippen molar-refractivity contribution in [2.75, 3.05) is 32.8 Å². The van der Waals surface area contributed by atoms with Gasteiger partial charge >= 0.3 is 6.03 Å². The molecule has 0 aromatic heterocycles. The zero-order chi connectivity index (χ0) is 17.1. The SMILES string of the molecule is O=C(CC1OC(CNC(=O)N2CCOCC2)C(O)C1O)NC1CC1. The van der Waals surface area contributed by atoms with E-state index in [0.717, 1.165) is 12.8 Å². The number of carbonyl (C=O) groups excluding carboxylic acids is 2. The third-order valence-corrected chi connectivity index (χ3v) is 4.54. The van der Waals surface area contributed by atoms with Crippen molar-refractivity contribution in [3.8, 4) is 0 Å². The zero-order valence-electron chi connectivity index (χ0n) is 13.5. The first-order valence-electron chi connectivity index (χ1n) is 8.46. The van der Waals surface area contributed by atoms with Gasteiger partial charge in [-0.25, -0.2) is 4.79 Å². The Morgan fingerprint density at radius 1 is 1.08 bits per heavy atom. The lowest BCUT2D eigenvalue weighted by atomic mass is 10.1. The zero-order valence-corrected chi connectivity index (χ0v) is 13.5. The molecule has 3 amide bonds. The van der Waals surface area contributed by atoms with Crippen LogP contribution in [0.3, 0.4) is 0 Å². The summed E-state index contributed by atoms with van der Waals surface area (Å²) in [4.78, 5) is 25.5. The molecule has 2 heterocycles. The lowest BCUT2D eigenvalue weighted by Gasteiger charge is -2.27. The normalized spacial score (nSPS) is 33.3. The Morgan fingerprint density at radius 3 is 2.42 bits per heavy atom. The van der Waals surface area contributed by atoms with Gasteiger partial charge in [0.05, 0.1) is 25.7 Å². The van der Waals surface area contributed by atoms with Crippen LogP contribution in [0.1, 0.15) is 19.3 Å². The second-order valence-corrected chi connectivity index (χ2v) is 6.53. The molecule has 2 aliphatic heterocycles. The molecule has 4 unspecified atom stereocenters. The first-order valence-corrected chi connectivity index (χ1v) is 8.46. The number of aliphatic hydroxyl groups excluding tert-OH is 2. The summed E-state index contributed by atoms with van der Waals surface area (Å²) in [5, 5.41) is 25.6. The molecule has 24 heavy (non-hydrogen) atoms. The number of carbonyl (C=O) groups is 2. The molecule has 3 aliphatic rings. The Hall–Kier alpha value is -1.42. The van der Waals surface area contributed by atoms with Gasteiger partial charge in [0.1, 0.15) is 18.3 Å². The van der Waals surface area contributed by atoms with Gasteiger partial charge in [0.15, 0.2) is 0 Å². The number of nitrogens with one attached hydrogen (secondary N) is 2. The minimum Gasteiger partial charge on any atom is -0.388 e. The predicted octanol–water partition coefficient (Wildman–Crippen LogP) is -1.81. The van der Waals surface area contributed by atoms with Crippen LogP contribution < -0.4 is 10.6 Å². The van der Waals surface area contributed by atoms with E-state index >= 15 is 0 Å². The Labute approximate surface area is 140 Å². The van der Waals surface area contributed by atoms with Gasteiger partial charge in [0.25, 0.3) is 0 Å². The number of urea groups is 1. The fraction of sp³-hybridized carbons (Fsp3) is 0.867. The van der Waals surface area contributed by atoms with Crippen molar-refractivity contribution >= 4 is 11.9 Å². The molecule has 4 atom stereocenters. The van der Waals surface area contributed by atoms with Gasteiger partial charge in [-0.3, -0.25) is 4.79 Å². The number of hydrogen-bond acceptors (Lipinski definition) is 6. The van der Waals surface area contributed by atoms with Crippen LogP contribution >= 0.6 is 0 Å². The summed E-state index contributed by atoms with van der Waals surface area (Å²) in [5.74, 6) is -0.188. The van der Waals surface area contributed by atoms with Crippen LogP contribution in [0.2, 0.25) is 0 Å². The average Bonchev–Trinajstić information content (AvgIpc) is 3.36. The predicted molar refractivity (Wildman–Crippen MR) is 82.2 cm³/mol. The van der Waals surface area contributed by atoms with Crippen LogP contribution in [-0.2, 0) is 14.3 Å². The number of rotatable bonds is 5. The highest BCUT2D eigenvalue weighted by Gasteiger charge is 2.43. The van der Waals surface area contributed by atoms with Gasteiger partial charge in [-0.15, -0.1) is 0 Å². The van der Waals surface area contributed by atoms with Crippen LogP contribution in [0.15, 0.2) is 0 Å². The molecule has 0 bridgehead atoms. The highest BCUT2D eigenvalue weighted by molar-refractivity contribution is 5.77. The van der Waals surface area contributed by atoms with Crippen molar-refractivity contribution in [3.63, 3.8) is 0 Å². The van der Waals surface area contributed by atoms with E-state index in [-0.39, 0.29) is 30.9 Å². The second-order valence-electron chi connectivity index (χ2n) is 6.53. The molecular formula is C15H25N3O6. The first kappa shape index (κ1) is 17.4. The van der Waals surface area contributed by atoms with Crippen LogP contribution in [0.25, 0.3) is 0 Å². The molecule has 3 rings (SSSR count). The largest absolute Gasteiger partial charge is 0.388 e. The number of morpholine rings is 1. The smallest absolute Gasteiger partial charge is 0.317 e. The molecule has 9 heteroatoms. The van der Waals surface area contributed by atoms with Crippen molar-refractivity contribution in [1.29, 1.82) is 0 Å². The van der Waals surface area contributed by atoms with Crippen LogP contribution in [-0.4, -0.2) is 90.4 Å². The summed E-state index contributed by atoms with van der Waals surface area (Å²) < 4.78 is 10.8. The number of ether oxygens (including phenoxy) is 2. The van der Waals surface area contributed by atoms with Crippen LogP contribution in [0, 0.1) is 0 Å². The van der Waals surface area contributed by atoms with Gasteiger partial charge < -0.3 is 35.2 Å². The summed E-state index contributed by atoms with van der Waals surface area (Å²) in [6, 6.07) is -0.0110. The molecule has 0 radical (unpaired) electrons. The average molecular weight is 343 g/mol. The van der Waals surface area contributed by atoms with Gasteiger partial charge in [-0.05, 0) is 12.8 Å². The van der Waals surface area contributed by atoms with Crippen molar-refractivity contribution in [1.82, 2.24) is 15.5 Å². The highest BCUT2D eigenvalue weighted by Crippen LogP contribution is 2.24. The molecule has 0 spiro atoms. The molecule has 9 nitrogen and oxygen atoms in total. The topological polar surface area (TPSA) is 120 Å². The third-order valence-electron chi connectivity index (χ3n) is 4.54. The summed E-state index contributed by atoms with van der Waals surface area (Å²) in [7, 11) is 0. The van der Waals surface area contributed by atoms with E-state index in [4.69, 9.17) is 9.47 Å². The maximum Gasteiger partial charge on any atom is 0.317 e. The van der Waals surface area contributed by atoms with Gasteiger partial charge in [0, 0.05) is 25.7 Å². The number of hydrogen-bond donors (Lipinski definition) is 4. The monoisotopic (exact) mass is 343 g/mol. The van der Waals surface area contributed by atoms with Crippen LogP contribution in [0.4, 0.5) is 4.79 Å². The fourth-order valence-electron chi connectivity index (χ4n) is 2.93. The maximum atomic E-state index is 12.0. The van der Waals surface area contributed by atoms with E-state index < -0.39 is 24.4 Å². The number of amides is 3. The maximum absolute atomic E-state index is 12.0.